The highest BCUT2D eigenvalue weighted by molar-refractivity contribution is 5.75. The number of nitrogens with one attached hydrogen (secondary N) is 1. The van der Waals surface area contributed by atoms with E-state index >= 15 is 0 Å². The van der Waals surface area contributed by atoms with Gasteiger partial charge in [-0.15, -0.1) is 0 Å². The number of fused-ring (bicyclic) bond motifs is 1. The Hall–Kier alpha value is -2.93. The van der Waals surface area contributed by atoms with Crippen molar-refractivity contribution in [3.8, 4) is 6.01 Å². The Labute approximate surface area is 143 Å². The number of benzene rings is 1. The lowest BCUT2D eigenvalue weighted by atomic mass is 10.1. The van der Waals surface area contributed by atoms with Crippen LogP contribution in [0.4, 0.5) is 0 Å². The molecule has 0 amide bonds. The summed E-state index contributed by atoms with van der Waals surface area (Å²) in [5.41, 5.74) is 0.699. The zero-order chi connectivity index (χ0) is 17.6. The standard InChI is InChI=1S/C18H18N2O5/c1-2-13-10-14(21)25-17-15(13)16(22)19-18(20-17)24-9-8-23-11-12-6-4-3-5-7-12/h3-7,10H,2,8-9,11H2,1H3,(H,19,20,22). The zero-order valence-corrected chi connectivity index (χ0v) is 13.8. The normalized spacial score (nSPS) is 10.9. The molecule has 7 heteroatoms. The van der Waals surface area contributed by atoms with E-state index in [0.29, 0.717) is 25.2 Å². The molecule has 2 aromatic heterocycles. The van der Waals surface area contributed by atoms with Gasteiger partial charge in [0, 0.05) is 6.07 Å². The Morgan fingerprint density at radius 3 is 2.72 bits per heavy atom. The minimum atomic E-state index is -0.542. The maximum absolute atomic E-state index is 12.2. The van der Waals surface area contributed by atoms with Gasteiger partial charge in [0.2, 0.25) is 5.71 Å². The van der Waals surface area contributed by atoms with E-state index in [1.165, 1.54) is 6.07 Å². The van der Waals surface area contributed by atoms with Crippen LogP contribution in [0.2, 0.25) is 0 Å². The van der Waals surface area contributed by atoms with Gasteiger partial charge in [0.1, 0.15) is 12.0 Å². The molecule has 0 bridgehead atoms. The maximum atomic E-state index is 12.2. The highest BCUT2D eigenvalue weighted by atomic mass is 16.5. The second kappa shape index (κ2) is 7.76. The molecule has 0 saturated heterocycles. The highest BCUT2D eigenvalue weighted by Gasteiger charge is 2.12. The van der Waals surface area contributed by atoms with Gasteiger partial charge in [-0.1, -0.05) is 37.3 Å². The second-order valence-corrected chi connectivity index (χ2v) is 5.38. The van der Waals surface area contributed by atoms with Crippen LogP contribution in [0, 0.1) is 0 Å². The van der Waals surface area contributed by atoms with Crippen LogP contribution < -0.4 is 15.9 Å². The summed E-state index contributed by atoms with van der Waals surface area (Å²) in [6, 6.07) is 11.1. The molecule has 0 spiro atoms. The fourth-order valence-corrected chi connectivity index (χ4v) is 2.44. The van der Waals surface area contributed by atoms with Crippen LogP contribution in [0.1, 0.15) is 18.1 Å². The fraction of sp³-hybridized carbons (Fsp3) is 0.278. The van der Waals surface area contributed by atoms with Gasteiger partial charge in [-0.3, -0.25) is 9.78 Å². The first-order valence-corrected chi connectivity index (χ1v) is 7.99. The number of hydrogen-bond acceptors (Lipinski definition) is 6. The van der Waals surface area contributed by atoms with Gasteiger partial charge in [0.15, 0.2) is 0 Å². The summed E-state index contributed by atoms with van der Waals surface area (Å²) >= 11 is 0. The Kier molecular flexibility index (Phi) is 5.25. The van der Waals surface area contributed by atoms with E-state index in [-0.39, 0.29) is 23.7 Å². The minimum Gasteiger partial charge on any atom is -0.462 e. The van der Waals surface area contributed by atoms with Gasteiger partial charge in [0.25, 0.3) is 11.6 Å². The molecule has 1 aromatic carbocycles. The van der Waals surface area contributed by atoms with E-state index in [1.54, 1.807) is 0 Å². The molecule has 0 fully saturated rings. The van der Waals surface area contributed by atoms with Crippen molar-refractivity contribution in [2.75, 3.05) is 13.2 Å². The topological polar surface area (TPSA) is 94.4 Å². The van der Waals surface area contributed by atoms with Crippen LogP contribution in [0.3, 0.4) is 0 Å². The van der Waals surface area contributed by atoms with Crippen molar-refractivity contribution in [2.24, 2.45) is 0 Å². The van der Waals surface area contributed by atoms with Gasteiger partial charge in [0.05, 0.1) is 13.2 Å². The molecule has 3 aromatic rings. The summed E-state index contributed by atoms with van der Waals surface area (Å²) in [6.07, 6.45) is 0.528. The van der Waals surface area contributed by atoms with Crippen molar-refractivity contribution >= 4 is 11.1 Å². The molecule has 0 aliphatic rings. The first-order valence-electron chi connectivity index (χ1n) is 7.99. The van der Waals surface area contributed by atoms with E-state index in [9.17, 15) is 9.59 Å². The molecule has 2 heterocycles. The summed E-state index contributed by atoms with van der Waals surface area (Å²) in [4.78, 5) is 30.3. The third kappa shape index (κ3) is 4.13. The number of hydrogen-bond donors (Lipinski definition) is 1. The van der Waals surface area contributed by atoms with Gasteiger partial charge in [-0.25, -0.2) is 4.79 Å². The van der Waals surface area contributed by atoms with E-state index in [4.69, 9.17) is 13.9 Å². The number of nitrogens with zero attached hydrogens (tertiary/aromatic N) is 1. The number of rotatable bonds is 7. The molecule has 0 unspecified atom stereocenters. The second-order valence-electron chi connectivity index (χ2n) is 5.38. The fourth-order valence-electron chi connectivity index (χ4n) is 2.44. The van der Waals surface area contributed by atoms with Crippen LogP contribution in [-0.4, -0.2) is 23.2 Å². The number of aromatic nitrogens is 2. The lowest BCUT2D eigenvalue weighted by Gasteiger charge is -2.07. The zero-order valence-electron chi connectivity index (χ0n) is 13.8. The largest absolute Gasteiger partial charge is 0.462 e. The smallest absolute Gasteiger partial charge is 0.337 e. The monoisotopic (exact) mass is 342 g/mol. The van der Waals surface area contributed by atoms with Crippen molar-refractivity contribution < 1.29 is 13.9 Å². The average Bonchev–Trinajstić information content (AvgIpc) is 2.61. The number of H-pyrrole nitrogens is 1. The van der Waals surface area contributed by atoms with Crippen LogP contribution in [0.25, 0.3) is 11.1 Å². The highest BCUT2D eigenvalue weighted by Crippen LogP contribution is 2.13. The van der Waals surface area contributed by atoms with Crippen molar-refractivity contribution in [3.63, 3.8) is 0 Å². The van der Waals surface area contributed by atoms with E-state index in [0.717, 1.165) is 5.56 Å². The van der Waals surface area contributed by atoms with Gasteiger partial charge in [-0.2, -0.15) is 4.98 Å². The van der Waals surface area contributed by atoms with Crippen molar-refractivity contribution in [1.29, 1.82) is 0 Å². The average molecular weight is 342 g/mol. The molecule has 0 aliphatic heterocycles. The van der Waals surface area contributed by atoms with Crippen molar-refractivity contribution in [3.05, 3.63) is 68.3 Å². The lowest BCUT2D eigenvalue weighted by molar-refractivity contribution is 0.0858. The molecule has 7 nitrogen and oxygen atoms in total. The lowest BCUT2D eigenvalue weighted by Crippen LogP contribution is -2.16. The molecular weight excluding hydrogens is 324 g/mol. The number of aromatic amines is 1. The third-order valence-electron chi connectivity index (χ3n) is 3.63. The first-order chi connectivity index (χ1) is 12.2. The Morgan fingerprint density at radius 2 is 1.96 bits per heavy atom. The molecule has 0 saturated carbocycles. The van der Waals surface area contributed by atoms with Gasteiger partial charge >= 0.3 is 5.63 Å². The summed E-state index contributed by atoms with van der Waals surface area (Å²) in [5.74, 6) is 0. The molecule has 130 valence electrons. The third-order valence-corrected chi connectivity index (χ3v) is 3.63. The summed E-state index contributed by atoms with van der Waals surface area (Å²) < 4.78 is 15.9. The van der Waals surface area contributed by atoms with E-state index < -0.39 is 11.2 Å². The Morgan fingerprint density at radius 1 is 1.16 bits per heavy atom. The molecule has 0 aliphatic carbocycles. The molecular formula is C18H18N2O5. The minimum absolute atomic E-state index is 0.00258. The van der Waals surface area contributed by atoms with Crippen LogP contribution in [0.15, 0.2) is 50.4 Å². The maximum Gasteiger partial charge on any atom is 0.337 e. The number of ether oxygens (including phenoxy) is 2. The molecule has 0 radical (unpaired) electrons. The predicted molar refractivity (Wildman–Crippen MR) is 91.9 cm³/mol. The molecule has 1 N–H and O–H groups in total. The van der Waals surface area contributed by atoms with E-state index in [1.807, 2.05) is 37.3 Å². The van der Waals surface area contributed by atoms with Gasteiger partial charge in [-0.05, 0) is 17.5 Å². The van der Waals surface area contributed by atoms with Crippen molar-refractivity contribution in [1.82, 2.24) is 9.97 Å². The molecule has 0 atom stereocenters. The quantitative estimate of drug-likeness (QED) is 0.660. The summed E-state index contributed by atoms with van der Waals surface area (Å²) in [5, 5.41) is 0.273. The Bertz CT molecular complexity index is 963. The summed E-state index contributed by atoms with van der Waals surface area (Å²) in [6.45, 7) is 2.86. The molecule has 25 heavy (non-hydrogen) atoms. The number of aryl methyl sites for hydroxylation is 1. The van der Waals surface area contributed by atoms with Crippen LogP contribution >= 0.6 is 0 Å². The van der Waals surface area contributed by atoms with Crippen molar-refractivity contribution in [2.45, 2.75) is 20.0 Å². The van der Waals surface area contributed by atoms with Crippen LogP contribution in [0.5, 0.6) is 6.01 Å². The first kappa shape index (κ1) is 16.9. The van der Waals surface area contributed by atoms with Gasteiger partial charge < -0.3 is 13.9 Å². The van der Waals surface area contributed by atoms with Crippen LogP contribution in [-0.2, 0) is 17.8 Å². The summed E-state index contributed by atoms with van der Waals surface area (Å²) in [7, 11) is 0. The van der Waals surface area contributed by atoms with E-state index in [2.05, 4.69) is 9.97 Å². The predicted octanol–water partition coefficient (Wildman–Crippen LogP) is 2.03. The Balaban J connectivity index is 1.64. The SMILES string of the molecule is CCc1cc(=O)oc2nc(OCCOCc3ccccc3)[nH]c(=O)c12. The molecule has 3 rings (SSSR count).